The SMILES string of the molecule is Cn1cc(-c2ccnc3ccccc23)c(-c2ccccn2)n1. The van der Waals surface area contributed by atoms with Gasteiger partial charge >= 0.3 is 0 Å². The number of hydrogen-bond donors (Lipinski definition) is 0. The number of rotatable bonds is 2. The first kappa shape index (κ1) is 12.7. The van der Waals surface area contributed by atoms with Crippen molar-refractivity contribution < 1.29 is 0 Å². The van der Waals surface area contributed by atoms with Crippen molar-refractivity contribution in [2.24, 2.45) is 7.05 Å². The molecule has 0 N–H and O–H groups in total. The summed E-state index contributed by atoms with van der Waals surface area (Å²) in [7, 11) is 1.93. The minimum atomic E-state index is 0.874. The van der Waals surface area contributed by atoms with Gasteiger partial charge in [0.15, 0.2) is 0 Å². The highest BCUT2D eigenvalue weighted by molar-refractivity contribution is 5.97. The van der Waals surface area contributed by atoms with E-state index in [0.717, 1.165) is 33.4 Å². The van der Waals surface area contributed by atoms with Crippen LogP contribution in [0, 0.1) is 0 Å². The van der Waals surface area contributed by atoms with Crippen molar-refractivity contribution in [1.29, 1.82) is 0 Å². The summed E-state index contributed by atoms with van der Waals surface area (Å²) in [6.45, 7) is 0. The van der Waals surface area contributed by atoms with Crippen LogP contribution in [0.5, 0.6) is 0 Å². The Balaban J connectivity index is 2.00. The lowest BCUT2D eigenvalue weighted by molar-refractivity contribution is 0.770. The summed E-state index contributed by atoms with van der Waals surface area (Å²) in [6.07, 6.45) is 5.66. The van der Waals surface area contributed by atoms with Gasteiger partial charge in [-0.05, 0) is 29.8 Å². The molecule has 0 saturated heterocycles. The molecule has 4 heteroatoms. The van der Waals surface area contributed by atoms with Crippen LogP contribution >= 0.6 is 0 Å². The molecule has 4 rings (SSSR count). The van der Waals surface area contributed by atoms with E-state index in [1.165, 1.54) is 0 Å². The molecule has 0 unspecified atom stereocenters. The van der Waals surface area contributed by atoms with Gasteiger partial charge in [0, 0.05) is 36.6 Å². The van der Waals surface area contributed by atoms with E-state index in [4.69, 9.17) is 0 Å². The van der Waals surface area contributed by atoms with Gasteiger partial charge in [0.25, 0.3) is 0 Å². The minimum Gasteiger partial charge on any atom is -0.274 e. The van der Waals surface area contributed by atoms with Gasteiger partial charge in [0.1, 0.15) is 5.69 Å². The summed E-state index contributed by atoms with van der Waals surface area (Å²) in [6, 6.07) is 16.1. The molecular formula is C18H14N4. The molecule has 22 heavy (non-hydrogen) atoms. The van der Waals surface area contributed by atoms with Gasteiger partial charge in [-0.3, -0.25) is 14.6 Å². The third kappa shape index (κ3) is 2.05. The van der Waals surface area contributed by atoms with Crippen LogP contribution < -0.4 is 0 Å². The van der Waals surface area contributed by atoms with Gasteiger partial charge in [0.2, 0.25) is 0 Å². The smallest absolute Gasteiger partial charge is 0.119 e. The first-order chi connectivity index (χ1) is 10.8. The molecule has 0 atom stereocenters. The number of hydrogen-bond acceptors (Lipinski definition) is 3. The maximum Gasteiger partial charge on any atom is 0.119 e. The van der Waals surface area contributed by atoms with Gasteiger partial charge in [-0.25, -0.2) is 0 Å². The van der Waals surface area contributed by atoms with Crippen LogP contribution in [0.3, 0.4) is 0 Å². The number of fused-ring (bicyclic) bond motifs is 1. The monoisotopic (exact) mass is 286 g/mol. The Kier molecular flexibility index (Phi) is 2.93. The number of para-hydroxylation sites is 1. The van der Waals surface area contributed by atoms with Crippen molar-refractivity contribution in [3.63, 3.8) is 0 Å². The van der Waals surface area contributed by atoms with Crippen molar-refractivity contribution in [3.05, 3.63) is 67.1 Å². The van der Waals surface area contributed by atoms with Crippen LogP contribution in [0.1, 0.15) is 0 Å². The van der Waals surface area contributed by atoms with Crippen LogP contribution in [-0.4, -0.2) is 19.7 Å². The number of pyridine rings is 2. The highest BCUT2D eigenvalue weighted by Gasteiger charge is 2.15. The van der Waals surface area contributed by atoms with E-state index >= 15 is 0 Å². The Morgan fingerprint density at radius 3 is 2.55 bits per heavy atom. The molecule has 0 saturated carbocycles. The first-order valence-electron chi connectivity index (χ1n) is 7.12. The van der Waals surface area contributed by atoms with Crippen molar-refractivity contribution in [1.82, 2.24) is 19.7 Å². The van der Waals surface area contributed by atoms with E-state index in [9.17, 15) is 0 Å². The number of aryl methyl sites for hydroxylation is 1. The van der Waals surface area contributed by atoms with Gasteiger partial charge in [-0.15, -0.1) is 0 Å². The minimum absolute atomic E-state index is 0.874. The summed E-state index contributed by atoms with van der Waals surface area (Å²) in [5.41, 5.74) is 4.94. The largest absolute Gasteiger partial charge is 0.274 e. The van der Waals surface area contributed by atoms with E-state index in [1.54, 1.807) is 6.20 Å². The molecule has 0 aliphatic heterocycles. The van der Waals surface area contributed by atoms with Gasteiger partial charge < -0.3 is 0 Å². The second-order valence-corrected chi connectivity index (χ2v) is 5.16. The Morgan fingerprint density at radius 2 is 1.68 bits per heavy atom. The fraction of sp³-hybridized carbons (Fsp3) is 0.0556. The molecule has 0 fully saturated rings. The Labute approximate surface area is 128 Å². The van der Waals surface area contributed by atoms with Crippen LogP contribution in [0.25, 0.3) is 33.4 Å². The first-order valence-corrected chi connectivity index (χ1v) is 7.12. The maximum absolute atomic E-state index is 4.60. The molecule has 0 amide bonds. The number of nitrogens with zero attached hydrogens (tertiary/aromatic N) is 4. The van der Waals surface area contributed by atoms with Gasteiger partial charge in [-0.2, -0.15) is 5.10 Å². The van der Waals surface area contributed by atoms with Crippen LogP contribution in [0.15, 0.2) is 67.1 Å². The second-order valence-electron chi connectivity index (χ2n) is 5.16. The highest BCUT2D eigenvalue weighted by atomic mass is 15.3. The molecule has 106 valence electrons. The van der Waals surface area contributed by atoms with E-state index < -0.39 is 0 Å². The molecule has 0 aliphatic carbocycles. The summed E-state index contributed by atoms with van der Waals surface area (Å²) in [5, 5.41) is 5.72. The van der Waals surface area contributed by atoms with Gasteiger partial charge in [-0.1, -0.05) is 24.3 Å². The molecule has 0 radical (unpaired) electrons. The zero-order chi connectivity index (χ0) is 14.9. The van der Waals surface area contributed by atoms with Crippen LogP contribution in [0.2, 0.25) is 0 Å². The van der Waals surface area contributed by atoms with E-state index in [0.29, 0.717) is 0 Å². The maximum atomic E-state index is 4.60. The molecule has 1 aromatic carbocycles. The van der Waals surface area contributed by atoms with Crippen molar-refractivity contribution in [3.8, 4) is 22.5 Å². The average Bonchev–Trinajstić information content (AvgIpc) is 2.97. The summed E-state index contributed by atoms with van der Waals surface area (Å²) in [5.74, 6) is 0. The molecular weight excluding hydrogens is 272 g/mol. The molecule has 3 aromatic heterocycles. The van der Waals surface area contributed by atoms with E-state index in [1.807, 2.05) is 66.6 Å². The van der Waals surface area contributed by atoms with E-state index in [-0.39, 0.29) is 0 Å². The van der Waals surface area contributed by atoms with E-state index in [2.05, 4.69) is 21.1 Å². The molecule has 4 nitrogen and oxygen atoms in total. The Bertz CT molecular complexity index is 936. The zero-order valence-corrected chi connectivity index (χ0v) is 12.1. The van der Waals surface area contributed by atoms with Crippen molar-refractivity contribution in [2.45, 2.75) is 0 Å². The Hall–Kier alpha value is -3.01. The van der Waals surface area contributed by atoms with Crippen molar-refractivity contribution in [2.75, 3.05) is 0 Å². The quantitative estimate of drug-likeness (QED) is 0.564. The Morgan fingerprint density at radius 1 is 0.818 bits per heavy atom. The predicted octanol–water partition coefficient (Wildman–Crippen LogP) is 3.70. The second kappa shape index (κ2) is 5.07. The van der Waals surface area contributed by atoms with Crippen LogP contribution in [-0.2, 0) is 7.05 Å². The zero-order valence-electron chi connectivity index (χ0n) is 12.1. The molecule has 4 aromatic rings. The molecule has 3 heterocycles. The van der Waals surface area contributed by atoms with Crippen LogP contribution in [0.4, 0.5) is 0 Å². The normalized spacial score (nSPS) is 11.0. The third-order valence-corrected chi connectivity index (χ3v) is 3.68. The lowest BCUT2D eigenvalue weighted by Crippen LogP contribution is -1.89. The lowest BCUT2D eigenvalue weighted by Gasteiger charge is -2.06. The van der Waals surface area contributed by atoms with Crippen molar-refractivity contribution >= 4 is 10.9 Å². The van der Waals surface area contributed by atoms with Gasteiger partial charge in [0.05, 0.1) is 11.2 Å². The lowest BCUT2D eigenvalue weighted by atomic mass is 10.0. The molecule has 0 spiro atoms. The molecule has 0 bridgehead atoms. The summed E-state index contributed by atoms with van der Waals surface area (Å²) < 4.78 is 1.83. The topological polar surface area (TPSA) is 43.6 Å². The fourth-order valence-electron chi connectivity index (χ4n) is 2.71. The number of aromatic nitrogens is 4. The summed E-state index contributed by atoms with van der Waals surface area (Å²) >= 11 is 0. The average molecular weight is 286 g/mol. The number of benzene rings is 1. The fourth-order valence-corrected chi connectivity index (χ4v) is 2.71. The predicted molar refractivity (Wildman–Crippen MR) is 87.2 cm³/mol. The molecule has 0 aliphatic rings. The third-order valence-electron chi connectivity index (χ3n) is 3.68. The standard InChI is InChI=1S/C18H14N4/c1-22-12-15(18(21-22)17-8-4-5-10-19-17)13-9-11-20-16-7-3-2-6-14(13)16/h2-12H,1H3. The summed E-state index contributed by atoms with van der Waals surface area (Å²) in [4.78, 5) is 8.87. The highest BCUT2D eigenvalue weighted by Crippen LogP contribution is 2.33.